The fourth-order valence-electron chi connectivity index (χ4n) is 2.72. The third-order valence-corrected chi connectivity index (χ3v) is 5.25. The van der Waals surface area contributed by atoms with Crippen molar-refractivity contribution >= 4 is 41.5 Å². The molecule has 3 N–H and O–H groups in total. The molecule has 2 heterocycles. The van der Waals surface area contributed by atoms with E-state index in [4.69, 9.17) is 0 Å². The van der Waals surface area contributed by atoms with Crippen LogP contribution in [-0.2, 0) is 19.2 Å². The minimum absolute atomic E-state index is 0. The number of hydrogen-bond acceptors (Lipinski definition) is 7. The van der Waals surface area contributed by atoms with E-state index in [1.807, 2.05) is 5.32 Å². The first-order valence-electron chi connectivity index (χ1n) is 7.10. The molecule has 0 aromatic heterocycles. The van der Waals surface area contributed by atoms with Crippen molar-refractivity contribution in [3.63, 3.8) is 0 Å². The Bertz CT molecular complexity index is 628. The third-order valence-electron chi connectivity index (χ3n) is 3.68. The van der Waals surface area contributed by atoms with Crippen LogP contribution >= 0.6 is 11.8 Å². The molecule has 5 amide bonds. The Morgan fingerprint density at radius 2 is 1.88 bits per heavy atom. The normalized spacial score (nSPS) is 25.8. The van der Waals surface area contributed by atoms with Crippen LogP contribution in [0.5, 0.6) is 0 Å². The zero-order valence-electron chi connectivity index (χ0n) is 14.2. The molecule has 2 aliphatic rings. The number of hydrogen-bond donors (Lipinski definition) is 3. The first-order chi connectivity index (χ1) is 11.0. The number of fused-ring (bicyclic) bond motifs is 1. The molecule has 2 saturated heterocycles. The van der Waals surface area contributed by atoms with Crippen LogP contribution in [0.2, 0.25) is 0 Å². The summed E-state index contributed by atoms with van der Waals surface area (Å²) < 4.78 is -0.738. The van der Waals surface area contributed by atoms with Crippen LogP contribution in [-0.4, -0.2) is 63.4 Å². The van der Waals surface area contributed by atoms with Crippen LogP contribution < -0.4 is 50.6 Å². The molecule has 0 radical (unpaired) electrons. The topological polar surface area (TPSA) is 148 Å². The summed E-state index contributed by atoms with van der Waals surface area (Å²) in [6, 6.07) is -2.75. The number of nitrogens with zero attached hydrogens (tertiary/aromatic N) is 1. The molecule has 12 heteroatoms. The van der Waals surface area contributed by atoms with Crippen molar-refractivity contribution in [1.29, 1.82) is 0 Å². The van der Waals surface area contributed by atoms with E-state index in [-0.39, 0.29) is 29.6 Å². The number of nitrogens with one attached hydrogen (secondary N) is 3. The van der Waals surface area contributed by atoms with E-state index in [0.29, 0.717) is 0 Å². The summed E-state index contributed by atoms with van der Waals surface area (Å²) in [6.45, 7) is 4.11. The maximum absolute atomic E-state index is 12.1. The molecule has 2 aliphatic heterocycles. The Labute approximate surface area is 170 Å². The molecule has 0 aromatic carbocycles. The Morgan fingerprint density at radius 1 is 1.28 bits per heavy atom. The first kappa shape index (κ1) is 21.7. The van der Waals surface area contributed by atoms with Gasteiger partial charge in [-0.1, -0.05) is 0 Å². The molecular formula is C13H17N4NaO6S. The molecule has 0 aliphatic carbocycles. The molecule has 0 saturated carbocycles. The van der Waals surface area contributed by atoms with Gasteiger partial charge in [0, 0.05) is 11.7 Å². The molecule has 1 unspecified atom stereocenters. The van der Waals surface area contributed by atoms with Gasteiger partial charge >= 0.3 is 35.6 Å². The predicted octanol–water partition coefficient (Wildman–Crippen LogP) is -5.87. The average molecular weight is 380 g/mol. The number of β-lactam (4-membered cyclic amide) rings is 1. The van der Waals surface area contributed by atoms with Crippen molar-refractivity contribution in [2.45, 2.75) is 43.0 Å². The summed E-state index contributed by atoms with van der Waals surface area (Å²) in [6.07, 6.45) is 0. The summed E-state index contributed by atoms with van der Waals surface area (Å²) in [5, 5.41) is 17.3. The fraction of sp³-hybridized carbons (Fsp3) is 0.615. The van der Waals surface area contributed by atoms with E-state index in [9.17, 15) is 29.1 Å². The van der Waals surface area contributed by atoms with Crippen LogP contribution in [0.3, 0.4) is 0 Å². The second-order valence-electron chi connectivity index (χ2n) is 5.99. The summed E-state index contributed by atoms with van der Waals surface area (Å²) in [7, 11) is 0. The average Bonchev–Trinajstić information content (AvgIpc) is 2.70. The summed E-state index contributed by atoms with van der Waals surface area (Å²) in [4.78, 5) is 58.3. The first-order valence-corrected chi connectivity index (χ1v) is 7.98. The van der Waals surface area contributed by atoms with E-state index < -0.39 is 58.5 Å². The summed E-state index contributed by atoms with van der Waals surface area (Å²) >= 11 is 1.27. The Balaban J connectivity index is 0.00000312. The van der Waals surface area contributed by atoms with Crippen LogP contribution in [0.15, 0.2) is 0 Å². The quantitative estimate of drug-likeness (QED) is 0.325. The molecular weight excluding hydrogens is 363 g/mol. The van der Waals surface area contributed by atoms with E-state index in [2.05, 4.69) is 10.6 Å². The van der Waals surface area contributed by atoms with Gasteiger partial charge in [0.15, 0.2) is 0 Å². The van der Waals surface area contributed by atoms with Gasteiger partial charge in [-0.25, -0.2) is 4.79 Å². The maximum atomic E-state index is 12.1. The molecule has 132 valence electrons. The largest absolute Gasteiger partial charge is 1.00 e. The number of imide groups is 1. The van der Waals surface area contributed by atoms with E-state index in [1.54, 1.807) is 13.8 Å². The summed E-state index contributed by atoms with van der Waals surface area (Å²) in [5.41, 5.74) is 0. The molecule has 0 spiro atoms. The van der Waals surface area contributed by atoms with Crippen molar-refractivity contribution in [2.24, 2.45) is 0 Å². The molecule has 10 nitrogen and oxygen atoms in total. The van der Waals surface area contributed by atoms with E-state index in [1.165, 1.54) is 16.7 Å². The second kappa shape index (κ2) is 7.94. The van der Waals surface area contributed by atoms with E-state index >= 15 is 0 Å². The van der Waals surface area contributed by atoms with Gasteiger partial charge in [-0.2, -0.15) is 0 Å². The number of amides is 5. The molecule has 2 fully saturated rings. The van der Waals surface area contributed by atoms with Gasteiger partial charge in [-0.3, -0.25) is 19.7 Å². The van der Waals surface area contributed by atoms with Crippen LogP contribution in [0.4, 0.5) is 4.79 Å². The van der Waals surface area contributed by atoms with Crippen molar-refractivity contribution in [3.05, 3.63) is 0 Å². The Hall–Kier alpha value is -1.30. The Morgan fingerprint density at radius 3 is 2.40 bits per heavy atom. The monoisotopic (exact) mass is 380 g/mol. The van der Waals surface area contributed by atoms with Gasteiger partial charge in [0.05, 0.1) is 18.6 Å². The molecule has 0 aromatic rings. The zero-order chi connectivity index (χ0) is 18.2. The van der Waals surface area contributed by atoms with Crippen molar-refractivity contribution in [1.82, 2.24) is 20.9 Å². The number of urea groups is 1. The minimum atomic E-state index is -1.34. The van der Waals surface area contributed by atoms with Crippen LogP contribution in [0.25, 0.3) is 0 Å². The number of carbonyl (C=O) groups excluding carboxylic acids is 5. The summed E-state index contributed by atoms with van der Waals surface area (Å²) in [5.74, 6) is -3.04. The number of thioether (sulfide) groups is 1. The third kappa shape index (κ3) is 4.46. The molecule has 3 atom stereocenters. The van der Waals surface area contributed by atoms with Crippen molar-refractivity contribution in [2.75, 3.05) is 6.54 Å². The number of carbonyl (C=O) groups is 5. The predicted molar refractivity (Wildman–Crippen MR) is 80.2 cm³/mol. The number of carboxylic acids is 1. The van der Waals surface area contributed by atoms with Crippen molar-refractivity contribution < 1.29 is 58.6 Å². The standard InChI is InChI=1S/C13H18N4O6S.Na/c1-5(18)15-12(23)14-4-6(19)16-7-9(20)17-8(11(21)22)13(2,3)24-10(7)17;/h7-8,10H,4H2,1-3H3,(H,16,19)(H,21,22)(H2,14,15,18,23);/q;+1/p-1/t7-,8+,10?;/m1./s1. The van der Waals surface area contributed by atoms with Gasteiger partial charge in [0.2, 0.25) is 17.7 Å². The second-order valence-corrected chi connectivity index (χ2v) is 7.76. The molecule has 25 heavy (non-hydrogen) atoms. The number of rotatable bonds is 4. The van der Waals surface area contributed by atoms with Crippen molar-refractivity contribution in [3.8, 4) is 0 Å². The molecule has 0 bridgehead atoms. The van der Waals surface area contributed by atoms with Gasteiger partial charge in [0.1, 0.15) is 11.4 Å². The van der Waals surface area contributed by atoms with Gasteiger partial charge in [-0.15, -0.1) is 11.8 Å². The van der Waals surface area contributed by atoms with E-state index in [0.717, 1.165) is 6.92 Å². The Kier molecular flexibility index (Phi) is 6.90. The molecule has 2 rings (SSSR count). The van der Waals surface area contributed by atoms with Crippen LogP contribution in [0.1, 0.15) is 20.8 Å². The fourth-order valence-corrected chi connectivity index (χ4v) is 4.34. The van der Waals surface area contributed by atoms with Crippen LogP contribution in [0, 0.1) is 0 Å². The smallest absolute Gasteiger partial charge is 0.548 e. The van der Waals surface area contributed by atoms with Gasteiger partial charge in [-0.05, 0) is 13.8 Å². The SMILES string of the molecule is CC(=O)NC(=O)NCC(=O)N[C@@H]1C(=O)N2C1SC(C)(C)[C@@H]2C(=O)[O-].[Na+]. The van der Waals surface area contributed by atoms with Gasteiger partial charge in [0.25, 0.3) is 0 Å². The minimum Gasteiger partial charge on any atom is -0.548 e. The van der Waals surface area contributed by atoms with Gasteiger partial charge < -0.3 is 25.4 Å². The number of carboxylic acid groups (broad SMARTS) is 1. The zero-order valence-corrected chi connectivity index (χ0v) is 17.1. The number of aliphatic carboxylic acids is 1. The maximum Gasteiger partial charge on any atom is 1.00 e.